The lowest BCUT2D eigenvalue weighted by Gasteiger charge is -2.07. The van der Waals surface area contributed by atoms with Crippen LogP contribution in [0.1, 0.15) is 5.56 Å². The molecule has 0 atom stereocenters. The lowest BCUT2D eigenvalue weighted by Crippen LogP contribution is -2.15. The number of ether oxygens (including phenoxy) is 1. The number of carbonyl (C=O) groups excluding carboxylic acids is 1. The number of benzene rings is 1. The molecule has 0 radical (unpaired) electrons. The van der Waals surface area contributed by atoms with Crippen molar-refractivity contribution in [2.45, 2.75) is 6.42 Å². The summed E-state index contributed by atoms with van der Waals surface area (Å²) >= 11 is 0. The molecule has 0 spiro atoms. The van der Waals surface area contributed by atoms with Gasteiger partial charge in [-0.2, -0.15) is 0 Å². The molecule has 0 aliphatic carbocycles. The van der Waals surface area contributed by atoms with Crippen LogP contribution in [0.2, 0.25) is 0 Å². The first-order chi connectivity index (χ1) is 10.7. The minimum absolute atomic E-state index is 0.104. The Morgan fingerprint density at radius 3 is 2.86 bits per heavy atom. The van der Waals surface area contributed by atoms with Crippen LogP contribution in [0.25, 0.3) is 0 Å². The van der Waals surface area contributed by atoms with Gasteiger partial charge in [-0.25, -0.2) is 9.37 Å². The number of halogens is 1. The van der Waals surface area contributed by atoms with Gasteiger partial charge in [-0.05, 0) is 29.8 Å². The summed E-state index contributed by atoms with van der Waals surface area (Å²) in [6.07, 6.45) is 1.74. The molecule has 0 unspecified atom stereocenters. The SMILES string of the molecule is COCCNc1ccc(NC(=O)Cc2cccc(F)c2)nc1. The van der Waals surface area contributed by atoms with Crippen molar-refractivity contribution in [3.63, 3.8) is 0 Å². The summed E-state index contributed by atoms with van der Waals surface area (Å²) in [5.41, 5.74) is 1.47. The number of carbonyl (C=O) groups is 1. The molecule has 116 valence electrons. The molecule has 0 saturated carbocycles. The Hall–Kier alpha value is -2.47. The molecule has 0 aliphatic heterocycles. The molecule has 1 amide bonds. The van der Waals surface area contributed by atoms with Gasteiger partial charge in [0, 0.05) is 13.7 Å². The van der Waals surface area contributed by atoms with E-state index >= 15 is 0 Å². The molecule has 2 rings (SSSR count). The second kappa shape index (κ2) is 8.09. The van der Waals surface area contributed by atoms with Gasteiger partial charge in [0.25, 0.3) is 0 Å². The Balaban J connectivity index is 1.86. The van der Waals surface area contributed by atoms with E-state index in [1.165, 1.54) is 12.1 Å². The predicted octanol–water partition coefficient (Wildman–Crippen LogP) is 2.46. The quantitative estimate of drug-likeness (QED) is 0.771. The lowest BCUT2D eigenvalue weighted by atomic mass is 10.1. The highest BCUT2D eigenvalue weighted by atomic mass is 19.1. The Morgan fingerprint density at radius 2 is 2.18 bits per heavy atom. The topological polar surface area (TPSA) is 63.2 Å². The maximum absolute atomic E-state index is 13.1. The molecule has 1 heterocycles. The average Bonchev–Trinajstić information content (AvgIpc) is 2.49. The second-order valence-electron chi connectivity index (χ2n) is 4.71. The summed E-state index contributed by atoms with van der Waals surface area (Å²) in [5.74, 6) is -0.133. The molecular formula is C16H18FN3O2. The van der Waals surface area contributed by atoms with Gasteiger partial charge in [-0.15, -0.1) is 0 Å². The van der Waals surface area contributed by atoms with E-state index in [2.05, 4.69) is 15.6 Å². The van der Waals surface area contributed by atoms with Crippen molar-refractivity contribution in [2.24, 2.45) is 0 Å². The Labute approximate surface area is 128 Å². The summed E-state index contributed by atoms with van der Waals surface area (Å²) in [7, 11) is 1.64. The number of methoxy groups -OCH3 is 1. The van der Waals surface area contributed by atoms with Gasteiger partial charge in [0.05, 0.1) is 24.9 Å². The van der Waals surface area contributed by atoms with E-state index in [9.17, 15) is 9.18 Å². The van der Waals surface area contributed by atoms with E-state index < -0.39 is 0 Å². The van der Waals surface area contributed by atoms with E-state index in [1.54, 1.807) is 31.5 Å². The van der Waals surface area contributed by atoms with Gasteiger partial charge in [-0.1, -0.05) is 12.1 Å². The number of rotatable bonds is 7. The van der Waals surface area contributed by atoms with Crippen molar-refractivity contribution in [3.05, 3.63) is 54.0 Å². The second-order valence-corrected chi connectivity index (χ2v) is 4.71. The number of aromatic nitrogens is 1. The number of amides is 1. The highest BCUT2D eigenvalue weighted by Gasteiger charge is 2.05. The van der Waals surface area contributed by atoms with Gasteiger partial charge < -0.3 is 15.4 Å². The fourth-order valence-corrected chi connectivity index (χ4v) is 1.89. The zero-order valence-electron chi connectivity index (χ0n) is 12.3. The first-order valence-corrected chi connectivity index (χ1v) is 6.90. The highest BCUT2D eigenvalue weighted by Crippen LogP contribution is 2.10. The molecule has 0 fully saturated rings. The number of nitrogens with zero attached hydrogens (tertiary/aromatic N) is 1. The lowest BCUT2D eigenvalue weighted by molar-refractivity contribution is -0.115. The summed E-state index contributed by atoms with van der Waals surface area (Å²) in [6.45, 7) is 1.29. The molecule has 0 bridgehead atoms. The van der Waals surface area contributed by atoms with Gasteiger partial charge in [0.1, 0.15) is 11.6 Å². The minimum Gasteiger partial charge on any atom is -0.383 e. The molecular weight excluding hydrogens is 285 g/mol. The summed E-state index contributed by atoms with van der Waals surface area (Å²) in [4.78, 5) is 16.0. The van der Waals surface area contributed by atoms with Crippen molar-refractivity contribution in [1.29, 1.82) is 0 Å². The first kappa shape index (κ1) is 15.9. The fraction of sp³-hybridized carbons (Fsp3) is 0.250. The number of pyridine rings is 1. The predicted molar refractivity (Wildman–Crippen MR) is 83.3 cm³/mol. The Kier molecular flexibility index (Phi) is 5.85. The fourth-order valence-electron chi connectivity index (χ4n) is 1.89. The zero-order chi connectivity index (χ0) is 15.8. The number of hydrogen-bond acceptors (Lipinski definition) is 4. The van der Waals surface area contributed by atoms with Crippen molar-refractivity contribution >= 4 is 17.4 Å². The maximum atomic E-state index is 13.1. The normalized spacial score (nSPS) is 10.3. The standard InChI is InChI=1S/C16H18FN3O2/c1-22-8-7-18-14-5-6-15(19-11-14)20-16(21)10-12-3-2-4-13(17)9-12/h2-6,9,11,18H,7-8,10H2,1H3,(H,19,20,21). The van der Waals surface area contributed by atoms with Crippen LogP contribution in [-0.2, 0) is 16.0 Å². The van der Waals surface area contributed by atoms with Crippen molar-refractivity contribution in [1.82, 2.24) is 4.98 Å². The molecule has 0 aliphatic rings. The number of nitrogens with one attached hydrogen (secondary N) is 2. The molecule has 2 aromatic rings. The van der Waals surface area contributed by atoms with Crippen LogP contribution in [0, 0.1) is 5.82 Å². The van der Waals surface area contributed by atoms with Crippen LogP contribution in [0.4, 0.5) is 15.9 Å². The Morgan fingerprint density at radius 1 is 1.32 bits per heavy atom. The average molecular weight is 303 g/mol. The largest absolute Gasteiger partial charge is 0.383 e. The van der Waals surface area contributed by atoms with Gasteiger partial charge in [-0.3, -0.25) is 4.79 Å². The molecule has 6 heteroatoms. The van der Waals surface area contributed by atoms with E-state index in [-0.39, 0.29) is 18.1 Å². The minimum atomic E-state index is -0.352. The van der Waals surface area contributed by atoms with Crippen LogP contribution >= 0.6 is 0 Å². The smallest absolute Gasteiger partial charge is 0.229 e. The Bertz CT molecular complexity index is 617. The number of anilines is 2. The third-order valence-electron chi connectivity index (χ3n) is 2.92. The third kappa shape index (κ3) is 5.14. The zero-order valence-corrected chi connectivity index (χ0v) is 12.3. The highest BCUT2D eigenvalue weighted by molar-refractivity contribution is 5.91. The van der Waals surface area contributed by atoms with E-state index in [1.807, 2.05) is 6.07 Å². The molecule has 5 nitrogen and oxygen atoms in total. The van der Waals surface area contributed by atoms with Crippen molar-refractivity contribution in [2.75, 3.05) is 30.9 Å². The maximum Gasteiger partial charge on any atom is 0.229 e. The van der Waals surface area contributed by atoms with Crippen LogP contribution < -0.4 is 10.6 Å². The van der Waals surface area contributed by atoms with Crippen LogP contribution in [-0.4, -0.2) is 31.2 Å². The summed E-state index contributed by atoms with van der Waals surface area (Å²) < 4.78 is 18.0. The van der Waals surface area contributed by atoms with Crippen molar-refractivity contribution < 1.29 is 13.9 Å². The molecule has 0 saturated heterocycles. The number of hydrogen-bond donors (Lipinski definition) is 2. The first-order valence-electron chi connectivity index (χ1n) is 6.90. The van der Waals surface area contributed by atoms with Crippen molar-refractivity contribution in [3.8, 4) is 0 Å². The molecule has 2 N–H and O–H groups in total. The third-order valence-corrected chi connectivity index (χ3v) is 2.92. The van der Waals surface area contributed by atoms with E-state index in [4.69, 9.17) is 4.74 Å². The van der Waals surface area contributed by atoms with Gasteiger partial charge >= 0.3 is 0 Å². The monoisotopic (exact) mass is 303 g/mol. The summed E-state index contributed by atoms with van der Waals surface area (Å²) in [6, 6.07) is 9.50. The van der Waals surface area contributed by atoms with Crippen LogP contribution in [0.3, 0.4) is 0 Å². The van der Waals surface area contributed by atoms with Crippen LogP contribution in [0.15, 0.2) is 42.6 Å². The summed E-state index contributed by atoms with van der Waals surface area (Å²) in [5, 5.41) is 5.81. The van der Waals surface area contributed by atoms with Gasteiger partial charge in [0.15, 0.2) is 0 Å². The molecule has 1 aromatic carbocycles. The van der Waals surface area contributed by atoms with Gasteiger partial charge in [0.2, 0.25) is 5.91 Å². The van der Waals surface area contributed by atoms with E-state index in [0.29, 0.717) is 24.5 Å². The molecule has 1 aromatic heterocycles. The van der Waals surface area contributed by atoms with E-state index in [0.717, 1.165) is 5.69 Å². The molecule has 22 heavy (non-hydrogen) atoms. The van der Waals surface area contributed by atoms with Crippen LogP contribution in [0.5, 0.6) is 0 Å².